The number of amides is 1. The number of nitrogens with zero attached hydrogens (tertiary/aromatic N) is 2. The molecule has 0 bridgehead atoms. The van der Waals surface area contributed by atoms with Crippen molar-refractivity contribution in [1.29, 1.82) is 0 Å². The van der Waals surface area contributed by atoms with E-state index in [-0.39, 0.29) is 23.8 Å². The van der Waals surface area contributed by atoms with Crippen molar-refractivity contribution in [2.45, 2.75) is 24.4 Å². The number of rotatable bonds is 2. The molecule has 2 aromatic rings. The molecule has 1 aromatic carbocycles. The van der Waals surface area contributed by atoms with Crippen LogP contribution in [0, 0.1) is 6.92 Å². The van der Waals surface area contributed by atoms with Crippen LogP contribution in [0.25, 0.3) is 0 Å². The summed E-state index contributed by atoms with van der Waals surface area (Å²) in [5.41, 5.74) is 2.40. The van der Waals surface area contributed by atoms with Gasteiger partial charge in [-0.3, -0.25) is 9.59 Å². The smallest absolute Gasteiger partial charge is 0.279 e. The Hall–Kier alpha value is -2.08. The van der Waals surface area contributed by atoms with Gasteiger partial charge in [-0.05, 0) is 24.3 Å². The fourth-order valence-corrected chi connectivity index (χ4v) is 3.50. The predicted molar refractivity (Wildman–Crippen MR) is 87.5 cm³/mol. The van der Waals surface area contributed by atoms with E-state index in [9.17, 15) is 9.59 Å². The number of fused-ring (bicyclic) bond motifs is 1. The summed E-state index contributed by atoms with van der Waals surface area (Å²) in [6, 6.07) is 7.86. The molecule has 0 aliphatic carbocycles. The van der Waals surface area contributed by atoms with Gasteiger partial charge in [-0.25, -0.2) is 0 Å². The third-order valence-electron chi connectivity index (χ3n) is 4.05. The summed E-state index contributed by atoms with van der Waals surface area (Å²) in [5.74, 6) is 0.245. The molecule has 1 unspecified atom stereocenters. The van der Waals surface area contributed by atoms with E-state index in [0.717, 1.165) is 11.1 Å². The van der Waals surface area contributed by atoms with Crippen molar-refractivity contribution in [3.05, 3.63) is 51.3 Å². The Kier molecular flexibility index (Phi) is 3.78. The summed E-state index contributed by atoms with van der Waals surface area (Å²) >= 11 is 1.38. The van der Waals surface area contributed by atoms with Crippen molar-refractivity contribution < 1.29 is 4.79 Å². The molecule has 1 amide bonds. The van der Waals surface area contributed by atoms with Crippen molar-refractivity contribution in [1.82, 2.24) is 9.55 Å². The molecule has 114 valence electrons. The van der Waals surface area contributed by atoms with Crippen LogP contribution in [-0.4, -0.2) is 21.7 Å². The molecule has 6 heteroatoms. The number of aryl methyl sites for hydroxylation is 1. The molecule has 1 aliphatic heterocycles. The number of hydrogen-bond donors (Lipinski definition) is 1. The van der Waals surface area contributed by atoms with Gasteiger partial charge in [0.05, 0.1) is 5.56 Å². The second kappa shape index (κ2) is 5.61. The van der Waals surface area contributed by atoms with Crippen LogP contribution in [0.3, 0.4) is 0 Å². The number of nitrogens with one attached hydrogen (secondary N) is 1. The lowest BCUT2D eigenvalue weighted by molar-refractivity contribution is -0.116. The van der Waals surface area contributed by atoms with E-state index < -0.39 is 0 Å². The molecule has 0 fully saturated rings. The zero-order valence-corrected chi connectivity index (χ0v) is 13.5. The number of thioether (sulfide) groups is 1. The standard InChI is InChI=1S/C16H17N3O2S/c1-9-6-4-5-7-10(9)11-8-12(20)17-14-13(11)15(21)18-16(22-3)19(14)2/h4-7,11H,8H2,1-3H3,(H,17,20). The molecular weight excluding hydrogens is 298 g/mol. The van der Waals surface area contributed by atoms with Crippen molar-refractivity contribution in [2.75, 3.05) is 11.6 Å². The van der Waals surface area contributed by atoms with Gasteiger partial charge in [-0.1, -0.05) is 36.0 Å². The second-order valence-electron chi connectivity index (χ2n) is 5.39. The van der Waals surface area contributed by atoms with Crippen LogP contribution >= 0.6 is 11.8 Å². The predicted octanol–water partition coefficient (Wildman–Crippen LogP) is 2.28. The molecule has 1 atom stereocenters. The maximum absolute atomic E-state index is 12.5. The Morgan fingerprint density at radius 1 is 1.32 bits per heavy atom. The molecule has 3 rings (SSSR count). The molecule has 22 heavy (non-hydrogen) atoms. The number of anilines is 1. The van der Waals surface area contributed by atoms with Crippen molar-refractivity contribution >= 4 is 23.5 Å². The Balaban J connectivity index is 2.27. The Labute approximate surface area is 132 Å². The van der Waals surface area contributed by atoms with Crippen LogP contribution in [-0.2, 0) is 11.8 Å². The van der Waals surface area contributed by atoms with Gasteiger partial charge in [-0.2, -0.15) is 4.98 Å². The quantitative estimate of drug-likeness (QED) is 0.682. The normalized spacial score (nSPS) is 17.0. The Morgan fingerprint density at radius 2 is 2.05 bits per heavy atom. The molecular formula is C16H17N3O2S. The summed E-state index contributed by atoms with van der Waals surface area (Å²) in [6.07, 6.45) is 2.13. The van der Waals surface area contributed by atoms with Gasteiger partial charge in [0, 0.05) is 19.4 Å². The van der Waals surface area contributed by atoms with Gasteiger partial charge in [0.1, 0.15) is 5.82 Å². The summed E-state index contributed by atoms with van der Waals surface area (Å²) in [5, 5.41) is 3.43. The van der Waals surface area contributed by atoms with Gasteiger partial charge < -0.3 is 9.88 Å². The van der Waals surface area contributed by atoms with Crippen molar-refractivity contribution in [3.8, 4) is 0 Å². The highest BCUT2D eigenvalue weighted by Crippen LogP contribution is 2.36. The number of hydrogen-bond acceptors (Lipinski definition) is 4. The minimum absolute atomic E-state index is 0.0750. The highest BCUT2D eigenvalue weighted by molar-refractivity contribution is 7.98. The van der Waals surface area contributed by atoms with Crippen LogP contribution in [0.15, 0.2) is 34.2 Å². The molecule has 2 heterocycles. The van der Waals surface area contributed by atoms with Gasteiger partial charge in [0.2, 0.25) is 5.91 Å². The minimum Gasteiger partial charge on any atom is -0.312 e. The van der Waals surface area contributed by atoms with E-state index >= 15 is 0 Å². The first-order chi connectivity index (χ1) is 10.5. The molecule has 0 radical (unpaired) electrons. The van der Waals surface area contributed by atoms with Crippen LogP contribution in [0.2, 0.25) is 0 Å². The second-order valence-corrected chi connectivity index (χ2v) is 6.16. The van der Waals surface area contributed by atoms with Gasteiger partial charge in [-0.15, -0.1) is 0 Å². The highest BCUT2D eigenvalue weighted by Gasteiger charge is 2.32. The molecule has 1 aliphatic rings. The molecule has 1 aromatic heterocycles. The first-order valence-corrected chi connectivity index (χ1v) is 8.25. The first-order valence-electron chi connectivity index (χ1n) is 7.03. The number of aromatic nitrogens is 2. The fourth-order valence-electron chi connectivity index (χ4n) is 2.96. The lowest BCUT2D eigenvalue weighted by atomic mass is 9.84. The van der Waals surface area contributed by atoms with Crippen LogP contribution in [0.5, 0.6) is 0 Å². The van der Waals surface area contributed by atoms with E-state index in [1.807, 2.05) is 44.5 Å². The molecule has 1 N–H and O–H groups in total. The van der Waals surface area contributed by atoms with E-state index in [0.29, 0.717) is 16.5 Å². The molecule has 0 spiro atoms. The van der Waals surface area contributed by atoms with Crippen LogP contribution in [0.4, 0.5) is 5.82 Å². The van der Waals surface area contributed by atoms with Crippen molar-refractivity contribution in [3.63, 3.8) is 0 Å². The number of carbonyl (C=O) groups excluding carboxylic acids is 1. The summed E-state index contributed by atoms with van der Waals surface area (Å²) in [4.78, 5) is 28.8. The average Bonchev–Trinajstić information content (AvgIpc) is 2.50. The molecule has 0 saturated carbocycles. The lowest BCUT2D eigenvalue weighted by Crippen LogP contribution is -2.33. The SMILES string of the molecule is CSc1nc(=O)c2c(n1C)NC(=O)CC2c1ccccc1C. The van der Waals surface area contributed by atoms with Gasteiger partial charge in [0.15, 0.2) is 5.16 Å². The van der Waals surface area contributed by atoms with Crippen molar-refractivity contribution in [2.24, 2.45) is 7.05 Å². The minimum atomic E-state index is -0.259. The largest absolute Gasteiger partial charge is 0.312 e. The number of carbonyl (C=O) groups is 1. The maximum atomic E-state index is 12.5. The lowest BCUT2D eigenvalue weighted by Gasteiger charge is -2.28. The summed E-state index contributed by atoms with van der Waals surface area (Å²) in [6.45, 7) is 2.00. The zero-order chi connectivity index (χ0) is 15.9. The average molecular weight is 315 g/mol. The Bertz CT molecular complexity index is 814. The number of benzene rings is 1. The molecule has 5 nitrogen and oxygen atoms in total. The molecule has 0 saturated heterocycles. The summed E-state index contributed by atoms with van der Waals surface area (Å²) < 4.78 is 1.78. The highest BCUT2D eigenvalue weighted by atomic mass is 32.2. The van der Waals surface area contributed by atoms with E-state index in [2.05, 4.69) is 10.3 Å². The van der Waals surface area contributed by atoms with Gasteiger partial charge >= 0.3 is 0 Å². The third kappa shape index (κ3) is 2.33. The Morgan fingerprint density at radius 3 is 2.73 bits per heavy atom. The van der Waals surface area contributed by atoms with E-state index in [1.54, 1.807) is 4.57 Å². The zero-order valence-electron chi connectivity index (χ0n) is 12.7. The van der Waals surface area contributed by atoms with E-state index in [1.165, 1.54) is 11.8 Å². The fraction of sp³-hybridized carbons (Fsp3) is 0.312. The first kappa shape index (κ1) is 14.8. The summed E-state index contributed by atoms with van der Waals surface area (Å²) in [7, 11) is 1.82. The van der Waals surface area contributed by atoms with Crippen LogP contribution in [0.1, 0.15) is 29.0 Å². The monoisotopic (exact) mass is 315 g/mol. The van der Waals surface area contributed by atoms with E-state index in [4.69, 9.17) is 0 Å². The van der Waals surface area contributed by atoms with Crippen LogP contribution < -0.4 is 10.9 Å². The maximum Gasteiger partial charge on any atom is 0.279 e. The topological polar surface area (TPSA) is 64.0 Å². The third-order valence-corrected chi connectivity index (χ3v) is 4.78. The van der Waals surface area contributed by atoms with Gasteiger partial charge in [0.25, 0.3) is 5.56 Å².